The van der Waals surface area contributed by atoms with Gasteiger partial charge in [0.1, 0.15) is 6.54 Å². The summed E-state index contributed by atoms with van der Waals surface area (Å²) in [6, 6.07) is 0. The van der Waals surface area contributed by atoms with Crippen LogP contribution in [0.15, 0.2) is 12.2 Å². The van der Waals surface area contributed by atoms with E-state index in [1.165, 1.54) is 38.5 Å². The summed E-state index contributed by atoms with van der Waals surface area (Å²) in [6.45, 7) is 0.779. The molecule has 0 aromatic rings. The van der Waals surface area contributed by atoms with E-state index < -0.39 is 42.0 Å². The van der Waals surface area contributed by atoms with Gasteiger partial charge in [0.2, 0.25) is 0 Å². The van der Waals surface area contributed by atoms with Gasteiger partial charge < -0.3 is 24.6 Å². The van der Waals surface area contributed by atoms with Crippen LogP contribution in [0.4, 0.5) is 0 Å². The van der Waals surface area contributed by atoms with Gasteiger partial charge in [-0.1, -0.05) is 57.6 Å². The third-order valence-corrected chi connectivity index (χ3v) is 5.05. The highest BCUT2D eigenvalue weighted by Crippen LogP contribution is 2.13. The second-order valence-corrected chi connectivity index (χ2v) is 7.93. The van der Waals surface area contributed by atoms with Gasteiger partial charge in [-0.05, 0) is 38.5 Å². The van der Waals surface area contributed by atoms with Crippen molar-refractivity contribution in [1.82, 2.24) is 0 Å². The maximum atomic E-state index is 11.1. The van der Waals surface area contributed by atoms with Crippen LogP contribution in [0, 0.1) is 0 Å². The lowest BCUT2D eigenvalue weighted by molar-refractivity contribution is -0.909. The maximum absolute atomic E-state index is 11.1. The number of carboxylic acid groups (broad SMARTS) is 3. The van der Waals surface area contributed by atoms with E-state index in [0.29, 0.717) is 6.42 Å². The summed E-state index contributed by atoms with van der Waals surface area (Å²) in [5.41, 5.74) is 0. The molecule has 0 aromatic heterocycles. The Balaban J connectivity index is 4.05. The van der Waals surface area contributed by atoms with Crippen molar-refractivity contribution >= 4 is 17.9 Å². The zero-order chi connectivity index (χ0) is 22.0. The molecule has 0 amide bonds. The van der Waals surface area contributed by atoms with E-state index in [1.807, 2.05) is 0 Å². The summed E-state index contributed by atoms with van der Waals surface area (Å²) in [4.78, 5) is 33.2. The highest BCUT2D eigenvalue weighted by Gasteiger charge is 2.33. The number of nitrogens with zero attached hydrogens (tertiary/aromatic N) is 1. The van der Waals surface area contributed by atoms with E-state index in [9.17, 15) is 19.5 Å². The first kappa shape index (κ1) is 27.1. The van der Waals surface area contributed by atoms with Crippen molar-refractivity contribution in [2.45, 2.75) is 84.0 Å². The van der Waals surface area contributed by atoms with Crippen LogP contribution in [0.2, 0.25) is 0 Å². The summed E-state index contributed by atoms with van der Waals surface area (Å²) >= 11 is 0. The number of quaternary nitrogens is 1. The Labute approximate surface area is 175 Å². The second kappa shape index (κ2) is 17.0. The van der Waals surface area contributed by atoms with Crippen LogP contribution in [-0.4, -0.2) is 58.8 Å². The predicted octanol–water partition coefficient (Wildman–Crippen LogP) is 2.98. The van der Waals surface area contributed by atoms with E-state index in [4.69, 9.17) is 10.2 Å². The van der Waals surface area contributed by atoms with Gasteiger partial charge in [-0.25, -0.2) is 9.59 Å². The molecule has 0 radical (unpaired) electrons. The number of carbonyl (C=O) groups is 3. The zero-order valence-electron chi connectivity index (χ0n) is 17.9. The van der Waals surface area contributed by atoms with E-state index in [1.54, 1.807) is 0 Å². The number of unbranched alkanes of at least 4 members (excludes halogenated alkanes) is 10. The van der Waals surface area contributed by atoms with E-state index in [-0.39, 0.29) is 6.54 Å². The van der Waals surface area contributed by atoms with Gasteiger partial charge in [-0.15, -0.1) is 0 Å². The van der Waals surface area contributed by atoms with Gasteiger partial charge in [0.05, 0.1) is 12.5 Å². The molecule has 0 unspecified atom stereocenters. The van der Waals surface area contributed by atoms with Crippen LogP contribution >= 0.6 is 0 Å². The molecule has 0 aliphatic carbocycles. The van der Waals surface area contributed by atoms with Gasteiger partial charge in [0.15, 0.2) is 13.1 Å². The number of allylic oxidation sites excluding steroid dienone is 2. The smallest absolute Gasteiger partial charge is 0.359 e. The molecule has 7 nitrogen and oxygen atoms in total. The first-order chi connectivity index (χ1) is 13.8. The topological polar surface area (TPSA) is 115 Å². The molecule has 0 aromatic carbocycles. The van der Waals surface area contributed by atoms with Crippen molar-refractivity contribution in [2.24, 2.45) is 0 Å². The second-order valence-electron chi connectivity index (χ2n) is 7.93. The molecule has 2 N–H and O–H groups in total. The Morgan fingerprint density at radius 3 is 1.62 bits per heavy atom. The van der Waals surface area contributed by atoms with Crippen molar-refractivity contribution in [2.75, 3.05) is 26.2 Å². The molecule has 168 valence electrons. The predicted molar refractivity (Wildman–Crippen MR) is 110 cm³/mol. The molecular formula is C22H39NO6. The Morgan fingerprint density at radius 2 is 1.17 bits per heavy atom. The number of hydrogen-bond acceptors (Lipinski definition) is 4. The fourth-order valence-electron chi connectivity index (χ4n) is 3.59. The van der Waals surface area contributed by atoms with Crippen LogP contribution < -0.4 is 5.11 Å². The first-order valence-electron chi connectivity index (χ1n) is 10.9. The minimum atomic E-state index is -1.43. The SMILES string of the molecule is CCCCCCCC/C=C/CCCCCC[N+](CC(=O)[O-])(CC(=O)O)CC(=O)O. The summed E-state index contributed by atoms with van der Waals surface area (Å²) in [5.74, 6) is -3.84. The monoisotopic (exact) mass is 413 g/mol. The van der Waals surface area contributed by atoms with E-state index >= 15 is 0 Å². The lowest BCUT2D eigenvalue weighted by atomic mass is 10.1. The summed E-state index contributed by atoms with van der Waals surface area (Å²) in [7, 11) is 0. The van der Waals surface area contributed by atoms with Crippen molar-refractivity contribution in [3.8, 4) is 0 Å². The number of hydrogen-bond donors (Lipinski definition) is 2. The van der Waals surface area contributed by atoms with Crippen LogP contribution in [0.1, 0.15) is 84.0 Å². The molecule has 0 atom stereocenters. The number of rotatable bonds is 20. The van der Waals surface area contributed by atoms with Crippen molar-refractivity contribution < 1.29 is 34.2 Å². The Kier molecular flexibility index (Phi) is 15.9. The Hall–Kier alpha value is -1.89. The van der Waals surface area contributed by atoms with Crippen LogP contribution in [-0.2, 0) is 14.4 Å². The molecular weight excluding hydrogens is 374 g/mol. The average molecular weight is 414 g/mol. The number of aliphatic carboxylic acids is 3. The Morgan fingerprint density at radius 1 is 0.724 bits per heavy atom. The van der Waals surface area contributed by atoms with Crippen LogP contribution in [0.5, 0.6) is 0 Å². The average Bonchev–Trinajstić information content (AvgIpc) is 2.60. The molecule has 0 bridgehead atoms. The van der Waals surface area contributed by atoms with Crippen molar-refractivity contribution in [1.29, 1.82) is 0 Å². The van der Waals surface area contributed by atoms with Crippen molar-refractivity contribution in [3.63, 3.8) is 0 Å². The zero-order valence-corrected chi connectivity index (χ0v) is 17.9. The third kappa shape index (κ3) is 16.7. The largest absolute Gasteiger partial charge is 0.544 e. The minimum absolute atomic E-state index is 0.209. The van der Waals surface area contributed by atoms with Gasteiger partial charge in [0.25, 0.3) is 0 Å². The van der Waals surface area contributed by atoms with Gasteiger partial charge in [-0.2, -0.15) is 0 Å². The van der Waals surface area contributed by atoms with Crippen LogP contribution in [0.3, 0.4) is 0 Å². The number of carbonyl (C=O) groups excluding carboxylic acids is 1. The Bertz CT molecular complexity index is 463. The molecule has 0 spiro atoms. The lowest BCUT2D eigenvalue weighted by Crippen LogP contribution is -2.59. The fourth-order valence-corrected chi connectivity index (χ4v) is 3.59. The number of carboxylic acids is 3. The molecule has 0 rings (SSSR count). The highest BCUT2D eigenvalue weighted by molar-refractivity contribution is 5.72. The molecule has 0 aliphatic heterocycles. The molecule has 7 heteroatoms. The summed E-state index contributed by atoms with van der Waals surface area (Å²) in [6.07, 6.45) is 17.7. The maximum Gasteiger partial charge on any atom is 0.359 e. The molecule has 0 heterocycles. The molecule has 0 saturated carbocycles. The van der Waals surface area contributed by atoms with Gasteiger partial charge in [0, 0.05) is 0 Å². The van der Waals surface area contributed by atoms with E-state index in [0.717, 1.165) is 32.1 Å². The van der Waals surface area contributed by atoms with Gasteiger partial charge >= 0.3 is 11.9 Å². The van der Waals surface area contributed by atoms with E-state index in [2.05, 4.69) is 19.1 Å². The standard InChI is InChI=1S/C22H39NO6/c1-2-3-4-5-6-7-8-9-10-11-12-13-14-15-16-23(17-20(24)25,18-21(26)27)19-22(28)29/h9-10H,2-8,11-19H2,1H3,(H2-,24,25,26,27,28,29)/b10-9+. The summed E-state index contributed by atoms with van der Waals surface area (Å²) in [5, 5.41) is 29.1. The summed E-state index contributed by atoms with van der Waals surface area (Å²) < 4.78 is -0.509. The quantitative estimate of drug-likeness (QED) is 0.180. The lowest BCUT2D eigenvalue weighted by Gasteiger charge is -2.36. The van der Waals surface area contributed by atoms with Crippen molar-refractivity contribution in [3.05, 3.63) is 12.2 Å². The highest BCUT2D eigenvalue weighted by atomic mass is 16.4. The van der Waals surface area contributed by atoms with Gasteiger partial charge in [-0.3, -0.25) is 0 Å². The minimum Gasteiger partial charge on any atom is -0.544 e. The molecule has 0 fully saturated rings. The van der Waals surface area contributed by atoms with Crippen LogP contribution in [0.25, 0.3) is 0 Å². The normalized spacial score (nSPS) is 11.8. The molecule has 29 heavy (non-hydrogen) atoms. The molecule has 0 saturated heterocycles. The first-order valence-corrected chi connectivity index (χ1v) is 10.9. The fraction of sp³-hybridized carbons (Fsp3) is 0.773. The third-order valence-electron chi connectivity index (χ3n) is 5.05. The molecule has 0 aliphatic rings.